The Kier molecular flexibility index (Phi) is 5.40. The fourth-order valence-electron chi connectivity index (χ4n) is 2.53. The monoisotopic (exact) mass is 324 g/mol. The van der Waals surface area contributed by atoms with Crippen LogP contribution < -0.4 is 5.32 Å². The first-order chi connectivity index (χ1) is 9.20. The van der Waals surface area contributed by atoms with Crippen LogP contribution in [0.15, 0.2) is 28.7 Å². The van der Waals surface area contributed by atoms with E-state index in [9.17, 15) is 4.79 Å². The smallest absolute Gasteiger partial charge is 0.253 e. The third-order valence-electron chi connectivity index (χ3n) is 3.46. The zero-order valence-electron chi connectivity index (χ0n) is 11.4. The summed E-state index contributed by atoms with van der Waals surface area (Å²) in [5, 5.41) is 3.46. The minimum atomic E-state index is 0.136. The third-order valence-corrected chi connectivity index (χ3v) is 3.95. The van der Waals surface area contributed by atoms with E-state index in [1.54, 1.807) is 0 Å². The summed E-state index contributed by atoms with van der Waals surface area (Å²) in [6, 6.07) is 8.10. The van der Waals surface area contributed by atoms with Crippen molar-refractivity contribution in [2.75, 3.05) is 19.6 Å². The Morgan fingerprint density at radius 3 is 3.00 bits per heavy atom. The molecule has 0 aliphatic carbocycles. The van der Waals surface area contributed by atoms with Crippen molar-refractivity contribution in [1.29, 1.82) is 0 Å². The lowest BCUT2D eigenvalue weighted by molar-refractivity contribution is 0.0742. The molecule has 1 aromatic rings. The Morgan fingerprint density at radius 2 is 2.37 bits per heavy atom. The second kappa shape index (κ2) is 7.06. The lowest BCUT2D eigenvalue weighted by Crippen LogP contribution is -2.41. The number of carbonyl (C=O) groups is 1. The van der Waals surface area contributed by atoms with E-state index >= 15 is 0 Å². The highest BCUT2D eigenvalue weighted by atomic mass is 79.9. The number of halogens is 1. The first-order valence-corrected chi connectivity index (χ1v) is 7.78. The molecule has 104 valence electrons. The largest absolute Gasteiger partial charge is 0.337 e. The van der Waals surface area contributed by atoms with Gasteiger partial charge < -0.3 is 10.2 Å². The Hall–Kier alpha value is -0.870. The number of carbonyl (C=O) groups excluding carboxylic acids is 1. The molecule has 1 aliphatic rings. The predicted octanol–water partition coefficient (Wildman–Crippen LogP) is 3.05. The highest BCUT2D eigenvalue weighted by Crippen LogP contribution is 2.15. The zero-order chi connectivity index (χ0) is 13.7. The molecule has 0 spiro atoms. The summed E-state index contributed by atoms with van der Waals surface area (Å²) in [4.78, 5) is 14.5. The number of hydrogen-bond acceptors (Lipinski definition) is 2. The van der Waals surface area contributed by atoms with Gasteiger partial charge in [0.2, 0.25) is 0 Å². The van der Waals surface area contributed by atoms with Crippen molar-refractivity contribution in [3.63, 3.8) is 0 Å². The van der Waals surface area contributed by atoms with Crippen molar-refractivity contribution in [2.45, 2.75) is 32.2 Å². The molecule has 0 aromatic heterocycles. The summed E-state index contributed by atoms with van der Waals surface area (Å²) >= 11 is 3.42. The van der Waals surface area contributed by atoms with E-state index in [2.05, 4.69) is 28.2 Å². The van der Waals surface area contributed by atoms with Crippen LogP contribution in [0.4, 0.5) is 0 Å². The van der Waals surface area contributed by atoms with Gasteiger partial charge in [0.25, 0.3) is 5.91 Å². The molecule has 3 nitrogen and oxygen atoms in total. The summed E-state index contributed by atoms with van der Waals surface area (Å²) in [6.07, 6.45) is 3.38. The number of nitrogens with one attached hydrogen (secondary N) is 1. The summed E-state index contributed by atoms with van der Waals surface area (Å²) in [6.45, 7) is 4.84. The van der Waals surface area contributed by atoms with Gasteiger partial charge >= 0.3 is 0 Å². The van der Waals surface area contributed by atoms with E-state index in [0.29, 0.717) is 6.04 Å². The average Bonchev–Trinajstić information content (AvgIpc) is 2.90. The van der Waals surface area contributed by atoms with Gasteiger partial charge in [0.05, 0.1) is 0 Å². The van der Waals surface area contributed by atoms with Gasteiger partial charge in [0.1, 0.15) is 0 Å². The van der Waals surface area contributed by atoms with Crippen LogP contribution in [0.5, 0.6) is 0 Å². The molecular formula is C15H21BrN2O. The van der Waals surface area contributed by atoms with Gasteiger partial charge in [-0.3, -0.25) is 4.79 Å². The highest BCUT2D eigenvalue weighted by Gasteiger charge is 2.21. The second-order valence-corrected chi connectivity index (χ2v) is 5.97. The molecule has 0 bridgehead atoms. The molecule has 1 unspecified atom stereocenters. The molecule has 1 heterocycles. The topological polar surface area (TPSA) is 32.3 Å². The minimum absolute atomic E-state index is 0.136. The van der Waals surface area contributed by atoms with Gasteiger partial charge in [-0.05, 0) is 44.0 Å². The van der Waals surface area contributed by atoms with Crippen molar-refractivity contribution in [1.82, 2.24) is 10.2 Å². The van der Waals surface area contributed by atoms with Crippen LogP contribution in [-0.2, 0) is 0 Å². The van der Waals surface area contributed by atoms with E-state index in [4.69, 9.17) is 0 Å². The Balaban J connectivity index is 2.06. The van der Waals surface area contributed by atoms with Crippen LogP contribution in [0.2, 0.25) is 0 Å². The number of nitrogens with zero attached hydrogens (tertiary/aromatic N) is 1. The van der Waals surface area contributed by atoms with E-state index in [-0.39, 0.29) is 5.91 Å². The normalized spacial score (nSPS) is 18.5. The molecule has 1 saturated heterocycles. The molecule has 19 heavy (non-hydrogen) atoms. The Morgan fingerprint density at radius 1 is 1.53 bits per heavy atom. The molecule has 0 radical (unpaired) electrons. The molecule has 1 N–H and O–H groups in total. The summed E-state index contributed by atoms with van der Waals surface area (Å²) in [7, 11) is 0. The average molecular weight is 325 g/mol. The number of benzene rings is 1. The lowest BCUT2D eigenvalue weighted by Gasteiger charge is -2.25. The van der Waals surface area contributed by atoms with Gasteiger partial charge in [-0.2, -0.15) is 0 Å². The van der Waals surface area contributed by atoms with Crippen LogP contribution >= 0.6 is 15.9 Å². The Labute approximate surface area is 123 Å². The fraction of sp³-hybridized carbons (Fsp3) is 0.533. The van der Waals surface area contributed by atoms with Crippen LogP contribution in [0.3, 0.4) is 0 Å². The van der Waals surface area contributed by atoms with E-state index in [1.165, 1.54) is 12.8 Å². The number of amides is 1. The molecule has 4 heteroatoms. The molecule has 2 rings (SSSR count). The maximum atomic E-state index is 12.6. The van der Waals surface area contributed by atoms with Crippen molar-refractivity contribution >= 4 is 21.8 Å². The van der Waals surface area contributed by atoms with Crippen LogP contribution in [0.1, 0.15) is 36.5 Å². The quantitative estimate of drug-likeness (QED) is 0.902. The summed E-state index contributed by atoms with van der Waals surface area (Å²) < 4.78 is 0.953. The lowest BCUT2D eigenvalue weighted by atomic mass is 10.1. The standard InChI is InChI=1S/C15H21BrN2O/c1-2-9-18(11-14-7-4-8-17-14)15(19)12-5-3-6-13(16)10-12/h3,5-6,10,14,17H,2,4,7-9,11H2,1H3. The van der Waals surface area contributed by atoms with E-state index < -0.39 is 0 Å². The third kappa shape index (κ3) is 4.05. The molecule has 1 fully saturated rings. The van der Waals surface area contributed by atoms with E-state index in [1.807, 2.05) is 29.2 Å². The Bertz CT molecular complexity index is 430. The fourth-order valence-corrected chi connectivity index (χ4v) is 2.93. The van der Waals surface area contributed by atoms with Crippen molar-refractivity contribution in [3.8, 4) is 0 Å². The molecule has 1 atom stereocenters. The number of hydrogen-bond donors (Lipinski definition) is 1. The molecule has 1 aliphatic heterocycles. The maximum Gasteiger partial charge on any atom is 0.253 e. The molecule has 1 aromatic carbocycles. The van der Waals surface area contributed by atoms with Gasteiger partial charge in [-0.15, -0.1) is 0 Å². The van der Waals surface area contributed by atoms with Gasteiger partial charge in [-0.1, -0.05) is 28.9 Å². The first-order valence-electron chi connectivity index (χ1n) is 6.99. The van der Waals surface area contributed by atoms with Gasteiger partial charge in [0, 0.05) is 29.2 Å². The summed E-state index contributed by atoms with van der Waals surface area (Å²) in [5.74, 6) is 0.136. The molecule has 1 amide bonds. The second-order valence-electron chi connectivity index (χ2n) is 5.05. The van der Waals surface area contributed by atoms with Crippen LogP contribution in [0.25, 0.3) is 0 Å². The summed E-state index contributed by atoms with van der Waals surface area (Å²) in [5.41, 5.74) is 0.765. The first kappa shape index (κ1) is 14.5. The zero-order valence-corrected chi connectivity index (χ0v) is 12.9. The maximum absolute atomic E-state index is 12.6. The number of rotatable bonds is 5. The molecule has 0 saturated carbocycles. The van der Waals surface area contributed by atoms with Gasteiger partial charge in [-0.25, -0.2) is 0 Å². The van der Waals surface area contributed by atoms with Crippen molar-refractivity contribution in [2.24, 2.45) is 0 Å². The highest BCUT2D eigenvalue weighted by molar-refractivity contribution is 9.10. The minimum Gasteiger partial charge on any atom is -0.337 e. The van der Waals surface area contributed by atoms with Crippen molar-refractivity contribution in [3.05, 3.63) is 34.3 Å². The van der Waals surface area contributed by atoms with Crippen molar-refractivity contribution < 1.29 is 4.79 Å². The van der Waals surface area contributed by atoms with E-state index in [0.717, 1.165) is 36.1 Å². The van der Waals surface area contributed by atoms with Crippen LogP contribution in [-0.4, -0.2) is 36.5 Å². The molecular weight excluding hydrogens is 304 g/mol. The SMILES string of the molecule is CCCN(CC1CCCN1)C(=O)c1cccc(Br)c1. The predicted molar refractivity (Wildman–Crippen MR) is 81.4 cm³/mol. The van der Waals surface area contributed by atoms with Gasteiger partial charge in [0.15, 0.2) is 0 Å². The van der Waals surface area contributed by atoms with Crippen LogP contribution in [0, 0.1) is 0 Å².